The molecule has 0 bridgehead atoms. The highest BCUT2D eigenvalue weighted by Gasteiger charge is 2.43. The largest absolute Gasteiger partial charge is 0.465 e. The van der Waals surface area contributed by atoms with Gasteiger partial charge in [-0.1, -0.05) is 23.8 Å². The fourth-order valence-electron chi connectivity index (χ4n) is 3.97. The van der Waals surface area contributed by atoms with Crippen LogP contribution in [0.1, 0.15) is 40.0 Å². The third kappa shape index (κ3) is 6.52. The summed E-state index contributed by atoms with van der Waals surface area (Å²) in [5.41, 5.74) is -0.712. The maximum Gasteiger partial charge on any atom is 0.408 e. The zero-order valence-corrected chi connectivity index (χ0v) is 20.5. The van der Waals surface area contributed by atoms with Crippen molar-refractivity contribution in [3.8, 4) is 0 Å². The lowest BCUT2D eigenvalue weighted by Gasteiger charge is -2.47. The van der Waals surface area contributed by atoms with Crippen molar-refractivity contribution in [2.75, 3.05) is 19.4 Å². The van der Waals surface area contributed by atoms with E-state index in [1.807, 2.05) is 0 Å². The number of amides is 3. The minimum Gasteiger partial charge on any atom is -0.465 e. The number of pyridine rings is 1. The van der Waals surface area contributed by atoms with Crippen molar-refractivity contribution in [3.63, 3.8) is 0 Å². The third-order valence-corrected chi connectivity index (χ3v) is 5.89. The SMILES string of the molecule is CN(C)C(=O)[C@H]1CC[C@H](NC(=S)C(=O)Nc2ccc(Cl)cn2)[C@H](N(C(=O)O)C(C)(C)C)C1. The minimum atomic E-state index is -1.09. The minimum absolute atomic E-state index is 0.0400. The number of halogens is 1. The highest BCUT2D eigenvalue weighted by atomic mass is 35.5. The van der Waals surface area contributed by atoms with Gasteiger partial charge in [-0.2, -0.15) is 0 Å². The lowest BCUT2D eigenvalue weighted by atomic mass is 9.79. The first-order valence-electron chi connectivity index (χ1n) is 10.3. The summed E-state index contributed by atoms with van der Waals surface area (Å²) < 4.78 is 0. The topological polar surface area (TPSA) is 115 Å². The first kappa shape index (κ1) is 25.8. The first-order valence-corrected chi connectivity index (χ1v) is 11.1. The number of thiocarbonyl (C=S) groups is 1. The molecule has 1 saturated carbocycles. The smallest absolute Gasteiger partial charge is 0.408 e. The number of aromatic nitrogens is 1. The summed E-state index contributed by atoms with van der Waals surface area (Å²) in [6.45, 7) is 5.40. The summed E-state index contributed by atoms with van der Waals surface area (Å²) in [7, 11) is 3.37. The summed E-state index contributed by atoms with van der Waals surface area (Å²) >= 11 is 11.1. The number of carbonyl (C=O) groups is 3. The zero-order valence-electron chi connectivity index (χ0n) is 18.9. The quantitative estimate of drug-likeness (QED) is 0.564. The summed E-state index contributed by atoms with van der Waals surface area (Å²) in [5.74, 6) is -0.611. The molecule has 1 fully saturated rings. The van der Waals surface area contributed by atoms with Gasteiger partial charge in [0.05, 0.1) is 11.1 Å². The Kier molecular flexibility index (Phi) is 8.41. The Labute approximate surface area is 198 Å². The maximum atomic E-state index is 12.6. The summed E-state index contributed by atoms with van der Waals surface area (Å²) in [5, 5.41) is 16.0. The van der Waals surface area contributed by atoms with Gasteiger partial charge >= 0.3 is 6.09 Å². The molecule has 3 N–H and O–H groups in total. The molecule has 2 rings (SSSR count). The van der Waals surface area contributed by atoms with Crippen LogP contribution in [0.3, 0.4) is 0 Å². The van der Waals surface area contributed by atoms with Crippen molar-refractivity contribution < 1.29 is 19.5 Å². The Bertz CT molecular complexity index is 872. The van der Waals surface area contributed by atoms with Gasteiger partial charge in [-0.15, -0.1) is 0 Å². The van der Waals surface area contributed by atoms with Crippen LogP contribution in [0.25, 0.3) is 0 Å². The molecule has 11 heteroatoms. The molecule has 0 unspecified atom stereocenters. The molecule has 3 amide bonds. The van der Waals surface area contributed by atoms with Crippen molar-refractivity contribution >= 4 is 52.5 Å². The van der Waals surface area contributed by atoms with E-state index in [4.69, 9.17) is 23.8 Å². The van der Waals surface area contributed by atoms with Crippen LogP contribution in [0.2, 0.25) is 5.02 Å². The maximum absolute atomic E-state index is 12.6. The highest BCUT2D eigenvalue weighted by Crippen LogP contribution is 2.33. The van der Waals surface area contributed by atoms with Crippen molar-refractivity contribution in [3.05, 3.63) is 23.4 Å². The van der Waals surface area contributed by atoms with Gasteiger partial charge in [-0.3, -0.25) is 14.5 Å². The van der Waals surface area contributed by atoms with E-state index in [0.29, 0.717) is 30.1 Å². The zero-order chi connectivity index (χ0) is 24.2. The van der Waals surface area contributed by atoms with E-state index in [-0.39, 0.29) is 16.8 Å². The average Bonchev–Trinajstić information content (AvgIpc) is 2.68. The number of hydrogen-bond acceptors (Lipinski definition) is 5. The molecule has 1 aliphatic carbocycles. The fourth-order valence-corrected chi connectivity index (χ4v) is 4.29. The predicted molar refractivity (Wildman–Crippen MR) is 127 cm³/mol. The normalized spacial score (nSPS) is 20.8. The van der Waals surface area contributed by atoms with Gasteiger partial charge in [-0.25, -0.2) is 9.78 Å². The number of rotatable bonds is 4. The molecule has 0 aromatic carbocycles. The molecular formula is C21H30ClN5O4S. The lowest BCUT2D eigenvalue weighted by molar-refractivity contribution is -0.135. The molecule has 1 aliphatic rings. The Balaban J connectivity index is 2.21. The van der Waals surface area contributed by atoms with Crippen LogP contribution in [-0.2, 0) is 9.59 Å². The van der Waals surface area contributed by atoms with Gasteiger partial charge in [0.25, 0.3) is 5.91 Å². The Morgan fingerprint density at radius 1 is 1.22 bits per heavy atom. The van der Waals surface area contributed by atoms with Gasteiger partial charge in [-0.05, 0) is 52.2 Å². The van der Waals surface area contributed by atoms with E-state index in [9.17, 15) is 19.5 Å². The molecule has 0 radical (unpaired) electrons. The number of carbonyl (C=O) groups excluding carboxylic acids is 2. The molecule has 3 atom stereocenters. The third-order valence-electron chi connectivity index (χ3n) is 5.36. The van der Waals surface area contributed by atoms with E-state index < -0.39 is 29.6 Å². The molecule has 0 saturated heterocycles. The van der Waals surface area contributed by atoms with Crippen LogP contribution < -0.4 is 10.6 Å². The number of nitrogens with one attached hydrogen (secondary N) is 2. The molecular weight excluding hydrogens is 454 g/mol. The van der Waals surface area contributed by atoms with Gasteiger partial charge in [0.15, 0.2) is 4.99 Å². The summed E-state index contributed by atoms with van der Waals surface area (Å²) in [4.78, 5) is 44.1. The van der Waals surface area contributed by atoms with E-state index in [1.54, 1.807) is 47.0 Å². The van der Waals surface area contributed by atoms with Crippen LogP contribution in [0.5, 0.6) is 0 Å². The van der Waals surface area contributed by atoms with Crippen LogP contribution in [0, 0.1) is 5.92 Å². The first-order chi connectivity index (χ1) is 14.8. The second kappa shape index (κ2) is 10.4. The molecule has 176 valence electrons. The van der Waals surface area contributed by atoms with E-state index in [2.05, 4.69) is 15.6 Å². The van der Waals surface area contributed by atoms with Crippen LogP contribution >= 0.6 is 23.8 Å². The van der Waals surface area contributed by atoms with Crippen molar-refractivity contribution in [2.24, 2.45) is 5.92 Å². The lowest BCUT2D eigenvalue weighted by Crippen LogP contribution is -2.62. The molecule has 9 nitrogen and oxygen atoms in total. The Hall–Kier alpha value is -2.46. The Morgan fingerprint density at radius 2 is 1.88 bits per heavy atom. The number of anilines is 1. The highest BCUT2D eigenvalue weighted by molar-refractivity contribution is 7.82. The molecule has 32 heavy (non-hydrogen) atoms. The molecule has 0 spiro atoms. The van der Waals surface area contributed by atoms with Gasteiger partial charge in [0.2, 0.25) is 5.91 Å². The fraction of sp³-hybridized carbons (Fsp3) is 0.571. The molecule has 1 aromatic rings. The number of hydrogen-bond donors (Lipinski definition) is 3. The Morgan fingerprint density at radius 3 is 2.38 bits per heavy atom. The molecule has 1 heterocycles. The summed E-state index contributed by atoms with van der Waals surface area (Å²) in [6.07, 6.45) is 1.70. The van der Waals surface area contributed by atoms with Gasteiger partial charge < -0.3 is 20.6 Å². The van der Waals surface area contributed by atoms with Crippen LogP contribution in [0.15, 0.2) is 18.3 Å². The molecule has 0 aliphatic heterocycles. The van der Waals surface area contributed by atoms with Crippen molar-refractivity contribution in [1.29, 1.82) is 0 Å². The number of carboxylic acid groups (broad SMARTS) is 1. The van der Waals surface area contributed by atoms with E-state index in [1.165, 1.54) is 16.0 Å². The number of nitrogens with zero attached hydrogens (tertiary/aromatic N) is 3. The van der Waals surface area contributed by atoms with Crippen LogP contribution in [0.4, 0.5) is 10.6 Å². The summed E-state index contributed by atoms with van der Waals surface area (Å²) in [6, 6.07) is 2.17. The van der Waals surface area contributed by atoms with E-state index >= 15 is 0 Å². The second-order valence-corrected chi connectivity index (χ2v) is 9.87. The van der Waals surface area contributed by atoms with Gasteiger partial charge in [0.1, 0.15) is 5.82 Å². The predicted octanol–water partition coefficient (Wildman–Crippen LogP) is 2.99. The van der Waals surface area contributed by atoms with Crippen LogP contribution in [-0.4, -0.2) is 74.5 Å². The monoisotopic (exact) mass is 483 g/mol. The molecule has 1 aromatic heterocycles. The van der Waals surface area contributed by atoms with Gasteiger partial charge in [0, 0.05) is 37.8 Å². The van der Waals surface area contributed by atoms with E-state index in [0.717, 1.165) is 0 Å². The van der Waals surface area contributed by atoms with Crippen molar-refractivity contribution in [2.45, 2.75) is 57.7 Å². The standard InChI is InChI=1S/C21H30ClN5O4S/c1-21(2,3)27(20(30)31)15-10-12(19(29)26(4)5)6-8-14(15)24-18(32)17(28)25-16-9-7-13(22)11-23-16/h7,9,11-12,14-15H,6,8,10H2,1-5H3,(H,24,32)(H,30,31)(H,23,25,28)/t12-,14-,15+/m0/s1. The average molecular weight is 484 g/mol. The second-order valence-electron chi connectivity index (χ2n) is 9.03. The van der Waals surface area contributed by atoms with Crippen molar-refractivity contribution in [1.82, 2.24) is 20.1 Å².